The van der Waals surface area contributed by atoms with Crippen molar-refractivity contribution in [1.82, 2.24) is 10.2 Å². The normalized spacial score (nSPS) is 24.1. The Kier molecular flexibility index (Phi) is 5.77. The van der Waals surface area contributed by atoms with Crippen LogP contribution in [-0.4, -0.2) is 50.7 Å². The van der Waals surface area contributed by atoms with E-state index in [2.05, 4.69) is 28.9 Å². The highest BCUT2D eigenvalue weighted by atomic mass is 16.5. The van der Waals surface area contributed by atoms with Gasteiger partial charge in [-0.25, -0.2) is 0 Å². The number of hydrogen-bond acceptors (Lipinski definition) is 4. The number of esters is 1. The van der Waals surface area contributed by atoms with Crippen LogP contribution in [0.1, 0.15) is 26.2 Å². The fraction of sp³-hybridized carbons (Fsp3) is 0.917. The predicted molar refractivity (Wildman–Crippen MR) is 64.3 cm³/mol. The minimum Gasteiger partial charge on any atom is -0.469 e. The molecule has 0 aromatic carbocycles. The summed E-state index contributed by atoms with van der Waals surface area (Å²) in [5, 5.41) is 3.41. The Morgan fingerprint density at radius 3 is 3.00 bits per heavy atom. The van der Waals surface area contributed by atoms with Gasteiger partial charge in [-0.15, -0.1) is 0 Å². The zero-order valence-electron chi connectivity index (χ0n) is 10.7. The zero-order valence-corrected chi connectivity index (χ0v) is 10.7. The quantitative estimate of drug-likeness (QED) is 0.709. The first-order chi connectivity index (χ1) is 7.63. The van der Waals surface area contributed by atoms with Gasteiger partial charge in [0.2, 0.25) is 0 Å². The molecule has 0 radical (unpaired) electrons. The van der Waals surface area contributed by atoms with Crippen molar-refractivity contribution in [1.29, 1.82) is 0 Å². The van der Waals surface area contributed by atoms with Gasteiger partial charge in [-0.2, -0.15) is 0 Å². The smallest absolute Gasteiger partial charge is 0.306 e. The van der Waals surface area contributed by atoms with Gasteiger partial charge in [0, 0.05) is 19.1 Å². The maximum atomic E-state index is 11.0. The molecule has 0 amide bonds. The lowest BCUT2D eigenvalue weighted by molar-refractivity contribution is -0.140. The lowest BCUT2D eigenvalue weighted by atomic mass is 9.92. The number of hydrogen-bond donors (Lipinski definition) is 1. The molecule has 0 aromatic rings. The molecule has 1 N–H and O–H groups in total. The Morgan fingerprint density at radius 2 is 2.38 bits per heavy atom. The fourth-order valence-corrected chi connectivity index (χ4v) is 2.29. The van der Waals surface area contributed by atoms with E-state index < -0.39 is 0 Å². The highest BCUT2D eigenvalue weighted by Gasteiger charge is 2.22. The second-order valence-electron chi connectivity index (χ2n) is 4.73. The molecular weight excluding hydrogens is 204 g/mol. The van der Waals surface area contributed by atoms with Crippen molar-refractivity contribution in [2.45, 2.75) is 32.2 Å². The molecule has 2 unspecified atom stereocenters. The first-order valence-electron chi connectivity index (χ1n) is 6.12. The van der Waals surface area contributed by atoms with Crippen LogP contribution in [0, 0.1) is 5.92 Å². The van der Waals surface area contributed by atoms with Crippen LogP contribution in [0.25, 0.3) is 0 Å². The average Bonchev–Trinajstić information content (AvgIpc) is 2.28. The maximum Gasteiger partial charge on any atom is 0.306 e. The predicted octanol–water partition coefficient (Wildman–Crippen LogP) is 0.869. The summed E-state index contributed by atoms with van der Waals surface area (Å²) >= 11 is 0. The molecule has 16 heavy (non-hydrogen) atoms. The Hall–Kier alpha value is -0.610. The standard InChI is InChI=1S/C12H24N2O2/c1-10(13-7-6-12(15)16-3)11-5-4-8-14(2)9-11/h10-11,13H,4-9H2,1-3H3. The first kappa shape index (κ1) is 13.5. The van der Waals surface area contributed by atoms with Gasteiger partial charge in [-0.1, -0.05) is 0 Å². The Balaban J connectivity index is 2.18. The molecule has 94 valence electrons. The number of carbonyl (C=O) groups excluding carboxylic acids is 1. The van der Waals surface area contributed by atoms with Crippen LogP contribution < -0.4 is 5.32 Å². The fourth-order valence-electron chi connectivity index (χ4n) is 2.29. The number of ether oxygens (including phenoxy) is 1. The molecule has 1 saturated heterocycles. The third-order valence-electron chi connectivity index (χ3n) is 3.39. The van der Waals surface area contributed by atoms with Crippen LogP contribution >= 0.6 is 0 Å². The van der Waals surface area contributed by atoms with Crippen molar-refractivity contribution < 1.29 is 9.53 Å². The zero-order chi connectivity index (χ0) is 12.0. The van der Waals surface area contributed by atoms with E-state index in [-0.39, 0.29) is 5.97 Å². The number of carbonyl (C=O) groups is 1. The van der Waals surface area contributed by atoms with Gasteiger partial charge in [0.15, 0.2) is 0 Å². The molecule has 4 heteroatoms. The number of piperidine rings is 1. The molecule has 1 heterocycles. The molecule has 1 fully saturated rings. The van der Waals surface area contributed by atoms with E-state index >= 15 is 0 Å². The maximum absolute atomic E-state index is 11.0. The van der Waals surface area contributed by atoms with E-state index in [1.165, 1.54) is 26.5 Å². The largest absolute Gasteiger partial charge is 0.469 e. The Labute approximate surface area is 98.3 Å². The van der Waals surface area contributed by atoms with Crippen molar-refractivity contribution in [2.75, 3.05) is 33.8 Å². The van der Waals surface area contributed by atoms with Crippen molar-refractivity contribution in [3.63, 3.8) is 0 Å². The summed E-state index contributed by atoms with van der Waals surface area (Å²) in [7, 11) is 3.61. The van der Waals surface area contributed by atoms with E-state index in [0.717, 1.165) is 6.54 Å². The number of rotatable bonds is 5. The molecular formula is C12H24N2O2. The van der Waals surface area contributed by atoms with E-state index in [4.69, 9.17) is 0 Å². The summed E-state index contributed by atoms with van der Waals surface area (Å²) in [5.41, 5.74) is 0. The summed E-state index contributed by atoms with van der Waals surface area (Å²) in [4.78, 5) is 13.3. The van der Waals surface area contributed by atoms with E-state index in [0.29, 0.717) is 24.9 Å². The summed E-state index contributed by atoms with van der Waals surface area (Å²) < 4.78 is 4.61. The van der Waals surface area contributed by atoms with Crippen LogP contribution in [0.2, 0.25) is 0 Å². The number of likely N-dealkylation sites (tertiary alicyclic amines) is 1. The lowest BCUT2D eigenvalue weighted by Crippen LogP contribution is -2.43. The monoisotopic (exact) mass is 228 g/mol. The molecule has 1 aliphatic rings. The van der Waals surface area contributed by atoms with Crippen LogP contribution in [-0.2, 0) is 9.53 Å². The lowest BCUT2D eigenvalue weighted by Gasteiger charge is -2.33. The SMILES string of the molecule is COC(=O)CCNC(C)C1CCCN(C)C1. The Bertz CT molecular complexity index is 221. The minimum absolute atomic E-state index is 0.138. The van der Waals surface area contributed by atoms with Crippen molar-refractivity contribution in [2.24, 2.45) is 5.92 Å². The topological polar surface area (TPSA) is 41.6 Å². The highest BCUT2D eigenvalue weighted by molar-refractivity contribution is 5.69. The van der Waals surface area contributed by atoms with Crippen LogP contribution in [0.3, 0.4) is 0 Å². The van der Waals surface area contributed by atoms with E-state index in [9.17, 15) is 4.79 Å². The van der Waals surface area contributed by atoms with Gasteiger partial charge >= 0.3 is 5.97 Å². The molecule has 0 bridgehead atoms. The molecule has 0 spiro atoms. The Morgan fingerprint density at radius 1 is 1.62 bits per heavy atom. The third kappa shape index (κ3) is 4.49. The van der Waals surface area contributed by atoms with Crippen molar-refractivity contribution in [3.8, 4) is 0 Å². The third-order valence-corrected chi connectivity index (χ3v) is 3.39. The molecule has 4 nitrogen and oxygen atoms in total. The number of nitrogens with zero attached hydrogens (tertiary/aromatic N) is 1. The minimum atomic E-state index is -0.138. The van der Waals surface area contributed by atoms with E-state index in [1.54, 1.807) is 0 Å². The second-order valence-corrected chi connectivity index (χ2v) is 4.73. The van der Waals surface area contributed by atoms with Gasteiger partial charge in [0.1, 0.15) is 0 Å². The molecule has 0 saturated carbocycles. The van der Waals surface area contributed by atoms with Gasteiger partial charge < -0.3 is 15.0 Å². The second kappa shape index (κ2) is 6.86. The molecule has 1 rings (SSSR count). The van der Waals surface area contributed by atoms with Crippen LogP contribution in [0.5, 0.6) is 0 Å². The van der Waals surface area contributed by atoms with Crippen LogP contribution in [0.4, 0.5) is 0 Å². The molecule has 1 aliphatic heterocycles. The number of methoxy groups -OCH3 is 1. The van der Waals surface area contributed by atoms with Crippen molar-refractivity contribution >= 4 is 5.97 Å². The van der Waals surface area contributed by atoms with Gasteiger partial charge in [-0.3, -0.25) is 4.79 Å². The van der Waals surface area contributed by atoms with Crippen LogP contribution in [0.15, 0.2) is 0 Å². The van der Waals surface area contributed by atoms with Crippen molar-refractivity contribution in [3.05, 3.63) is 0 Å². The summed E-state index contributed by atoms with van der Waals surface area (Å²) in [6, 6.07) is 0.479. The first-order valence-corrected chi connectivity index (χ1v) is 6.12. The number of nitrogens with one attached hydrogen (secondary N) is 1. The van der Waals surface area contributed by atoms with Gasteiger partial charge in [0.05, 0.1) is 13.5 Å². The van der Waals surface area contributed by atoms with Gasteiger partial charge in [-0.05, 0) is 39.3 Å². The van der Waals surface area contributed by atoms with E-state index in [1.807, 2.05) is 0 Å². The molecule has 0 aromatic heterocycles. The molecule has 0 aliphatic carbocycles. The summed E-state index contributed by atoms with van der Waals surface area (Å²) in [6.45, 7) is 5.30. The van der Waals surface area contributed by atoms with Gasteiger partial charge in [0.25, 0.3) is 0 Å². The summed E-state index contributed by atoms with van der Waals surface area (Å²) in [5.74, 6) is 0.567. The molecule has 2 atom stereocenters. The summed E-state index contributed by atoms with van der Waals surface area (Å²) in [6.07, 6.45) is 3.03. The highest BCUT2D eigenvalue weighted by Crippen LogP contribution is 2.18. The average molecular weight is 228 g/mol.